The first-order valence-electron chi connectivity index (χ1n) is 9.56. The number of nitrogens with one attached hydrogen (secondary N) is 1. The molecule has 1 N–H and O–H groups in total. The second kappa shape index (κ2) is 7.09. The molecule has 1 aromatic carbocycles. The Kier molecular flexibility index (Phi) is 4.96. The Morgan fingerprint density at radius 3 is 2.35 bits per heavy atom. The molecule has 3 atom stereocenters. The fraction of sp³-hybridized carbons (Fsp3) is 0.632. The molecule has 26 heavy (non-hydrogen) atoms. The number of thiocarbonyl (C=S) groups is 1. The molecule has 7 heteroatoms. The Bertz CT molecular complexity index is 770. The minimum atomic E-state index is -3.41. The summed E-state index contributed by atoms with van der Waals surface area (Å²) >= 11 is 5.61. The Labute approximate surface area is 161 Å². The van der Waals surface area contributed by atoms with Crippen molar-refractivity contribution in [3.63, 3.8) is 0 Å². The van der Waals surface area contributed by atoms with E-state index in [1.165, 1.54) is 25.7 Å². The molecule has 2 saturated carbocycles. The average molecular weight is 394 g/mol. The van der Waals surface area contributed by atoms with E-state index in [1.807, 2.05) is 19.1 Å². The first-order valence-corrected chi connectivity index (χ1v) is 11.4. The Hall–Kier alpha value is -1.18. The van der Waals surface area contributed by atoms with Crippen LogP contribution in [0.4, 0.5) is 0 Å². The van der Waals surface area contributed by atoms with E-state index in [9.17, 15) is 8.42 Å². The van der Waals surface area contributed by atoms with Crippen molar-refractivity contribution in [2.75, 3.05) is 26.2 Å². The Balaban J connectivity index is 1.33. The third-order valence-corrected chi connectivity index (χ3v) is 8.52. The number of benzene rings is 1. The molecule has 4 rings (SSSR count). The highest BCUT2D eigenvalue weighted by Gasteiger charge is 2.40. The van der Waals surface area contributed by atoms with Gasteiger partial charge in [-0.15, -0.1) is 0 Å². The number of rotatable bonds is 3. The summed E-state index contributed by atoms with van der Waals surface area (Å²) in [5, 5.41) is 4.36. The van der Waals surface area contributed by atoms with Gasteiger partial charge >= 0.3 is 0 Å². The topological polar surface area (TPSA) is 52.7 Å². The molecular weight excluding hydrogens is 366 g/mol. The van der Waals surface area contributed by atoms with E-state index in [-0.39, 0.29) is 0 Å². The zero-order valence-electron chi connectivity index (χ0n) is 15.2. The van der Waals surface area contributed by atoms with Crippen LogP contribution in [0.15, 0.2) is 29.2 Å². The molecule has 1 aliphatic heterocycles. The molecule has 1 saturated heterocycles. The van der Waals surface area contributed by atoms with Gasteiger partial charge in [-0.2, -0.15) is 4.31 Å². The van der Waals surface area contributed by atoms with E-state index in [4.69, 9.17) is 12.2 Å². The second-order valence-electron chi connectivity index (χ2n) is 7.94. The molecule has 0 amide bonds. The standard InChI is InChI=1S/C19H27N3O2S2/c1-14-2-6-17(7-3-14)26(23,24)22-10-8-21(9-11-22)19(25)20-18-13-15-4-5-16(18)12-15/h2-3,6-7,15-16,18H,4-5,8-13H2,1H3,(H,20,25). The highest BCUT2D eigenvalue weighted by Crippen LogP contribution is 2.44. The first-order chi connectivity index (χ1) is 12.4. The molecule has 5 nitrogen and oxygen atoms in total. The van der Waals surface area contributed by atoms with Crippen LogP contribution in [0, 0.1) is 18.8 Å². The number of fused-ring (bicyclic) bond motifs is 2. The van der Waals surface area contributed by atoms with Gasteiger partial charge in [0.25, 0.3) is 0 Å². The summed E-state index contributed by atoms with van der Waals surface area (Å²) < 4.78 is 27.2. The number of aryl methyl sites for hydroxylation is 1. The number of piperazine rings is 1. The highest BCUT2D eigenvalue weighted by molar-refractivity contribution is 7.89. The summed E-state index contributed by atoms with van der Waals surface area (Å²) in [6.07, 6.45) is 5.30. The van der Waals surface area contributed by atoms with E-state index in [2.05, 4.69) is 10.2 Å². The second-order valence-corrected chi connectivity index (χ2v) is 10.3. The van der Waals surface area contributed by atoms with Gasteiger partial charge in [-0.25, -0.2) is 8.42 Å². The lowest BCUT2D eigenvalue weighted by Gasteiger charge is -2.37. The molecule has 1 aromatic rings. The van der Waals surface area contributed by atoms with Crippen molar-refractivity contribution in [3.05, 3.63) is 29.8 Å². The summed E-state index contributed by atoms with van der Waals surface area (Å²) in [7, 11) is -3.41. The van der Waals surface area contributed by atoms with Gasteiger partial charge in [-0.05, 0) is 62.4 Å². The van der Waals surface area contributed by atoms with Crippen molar-refractivity contribution in [1.82, 2.24) is 14.5 Å². The third kappa shape index (κ3) is 3.49. The van der Waals surface area contributed by atoms with Crippen LogP contribution in [0.3, 0.4) is 0 Å². The molecular formula is C19H27N3O2S2. The summed E-state index contributed by atoms with van der Waals surface area (Å²) in [6.45, 7) is 4.22. The molecule has 0 radical (unpaired) electrons. The predicted octanol–water partition coefficient (Wildman–Crippen LogP) is 2.36. The molecule has 0 aromatic heterocycles. The van der Waals surface area contributed by atoms with Crippen LogP contribution in [0.25, 0.3) is 0 Å². The molecule has 3 unspecified atom stereocenters. The van der Waals surface area contributed by atoms with Gasteiger partial charge in [-0.3, -0.25) is 0 Å². The molecule has 0 spiro atoms. The van der Waals surface area contributed by atoms with Crippen molar-refractivity contribution in [2.45, 2.75) is 43.5 Å². The molecule has 1 heterocycles. The molecule has 2 aliphatic carbocycles. The van der Waals surface area contributed by atoms with E-state index in [0.717, 1.165) is 22.5 Å². The van der Waals surface area contributed by atoms with Crippen molar-refractivity contribution in [1.29, 1.82) is 0 Å². The van der Waals surface area contributed by atoms with Crippen LogP contribution < -0.4 is 5.32 Å². The van der Waals surface area contributed by atoms with Crippen LogP contribution in [-0.2, 0) is 10.0 Å². The molecule has 3 fully saturated rings. The van der Waals surface area contributed by atoms with Gasteiger partial charge in [0.15, 0.2) is 5.11 Å². The number of nitrogens with zero attached hydrogens (tertiary/aromatic N) is 2. The van der Waals surface area contributed by atoms with E-state index in [0.29, 0.717) is 37.1 Å². The molecule has 142 valence electrons. The Morgan fingerprint density at radius 2 is 1.77 bits per heavy atom. The monoisotopic (exact) mass is 393 g/mol. The summed E-state index contributed by atoms with van der Waals surface area (Å²) in [4.78, 5) is 2.50. The van der Waals surface area contributed by atoms with Gasteiger partial charge in [0.1, 0.15) is 0 Å². The van der Waals surface area contributed by atoms with Crippen molar-refractivity contribution in [3.8, 4) is 0 Å². The smallest absolute Gasteiger partial charge is 0.243 e. The Morgan fingerprint density at radius 1 is 1.08 bits per heavy atom. The zero-order valence-corrected chi connectivity index (χ0v) is 16.9. The maximum Gasteiger partial charge on any atom is 0.243 e. The summed E-state index contributed by atoms with van der Waals surface area (Å²) in [6, 6.07) is 7.60. The minimum Gasteiger partial charge on any atom is -0.360 e. The predicted molar refractivity (Wildman–Crippen MR) is 106 cm³/mol. The fourth-order valence-electron chi connectivity index (χ4n) is 4.66. The summed E-state index contributed by atoms with van der Waals surface area (Å²) in [5.41, 5.74) is 1.06. The average Bonchev–Trinajstić information content (AvgIpc) is 3.25. The first kappa shape index (κ1) is 18.2. The maximum absolute atomic E-state index is 12.8. The molecule has 2 bridgehead atoms. The molecule has 3 aliphatic rings. The van der Waals surface area contributed by atoms with E-state index >= 15 is 0 Å². The van der Waals surface area contributed by atoms with Crippen LogP contribution in [-0.4, -0.2) is 55.0 Å². The number of hydrogen-bond donors (Lipinski definition) is 1. The number of hydrogen-bond acceptors (Lipinski definition) is 3. The van der Waals surface area contributed by atoms with Gasteiger partial charge in [0, 0.05) is 32.2 Å². The van der Waals surface area contributed by atoms with Gasteiger partial charge in [0.2, 0.25) is 10.0 Å². The van der Waals surface area contributed by atoms with Crippen molar-refractivity contribution in [2.24, 2.45) is 11.8 Å². The maximum atomic E-state index is 12.8. The SMILES string of the molecule is Cc1ccc(S(=O)(=O)N2CCN(C(=S)NC3CC4CCC3C4)CC2)cc1. The lowest BCUT2D eigenvalue weighted by Crippen LogP contribution is -2.54. The lowest BCUT2D eigenvalue weighted by molar-refractivity contribution is 0.258. The van der Waals surface area contributed by atoms with Crippen molar-refractivity contribution >= 4 is 27.4 Å². The van der Waals surface area contributed by atoms with Gasteiger partial charge < -0.3 is 10.2 Å². The lowest BCUT2D eigenvalue weighted by atomic mass is 9.95. The van der Waals surface area contributed by atoms with Gasteiger partial charge in [0.05, 0.1) is 4.90 Å². The van der Waals surface area contributed by atoms with Crippen LogP contribution in [0.2, 0.25) is 0 Å². The normalized spacial score (nSPS) is 29.1. The van der Waals surface area contributed by atoms with E-state index < -0.39 is 10.0 Å². The zero-order chi connectivity index (χ0) is 18.3. The summed E-state index contributed by atoms with van der Waals surface area (Å²) in [5.74, 6) is 1.66. The minimum absolute atomic E-state index is 0.374. The van der Waals surface area contributed by atoms with Gasteiger partial charge in [-0.1, -0.05) is 24.1 Å². The quantitative estimate of drug-likeness (QED) is 0.799. The third-order valence-electron chi connectivity index (χ3n) is 6.23. The van der Waals surface area contributed by atoms with E-state index in [1.54, 1.807) is 16.4 Å². The van der Waals surface area contributed by atoms with Crippen molar-refractivity contribution < 1.29 is 8.42 Å². The fourth-order valence-corrected chi connectivity index (χ4v) is 6.42. The van der Waals surface area contributed by atoms with Crippen LogP contribution in [0.5, 0.6) is 0 Å². The largest absolute Gasteiger partial charge is 0.360 e. The van der Waals surface area contributed by atoms with Crippen LogP contribution in [0.1, 0.15) is 31.2 Å². The number of sulfonamides is 1. The van der Waals surface area contributed by atoms with Crippen LogP contribution >= 0.6 is 12.2 Å². The highest BCUT2D eigenvalue weighted by atomic mass is 32.2.